The van der Waals surface area contributed by atoms with E-state index in [9.17, 15) is 14.4 Å². The summed E-state index contributed by atoms with van der Waals surface area (Å²) in [6.45, 7) is 7.94. The summed E-state index contributed by atoms with van der Waals surface area (Å²) in [5, 5.41) is 2.09. The van der Waals surface area contributed by atoms with Crippen LogP contribution in [-0.4, -0.2) is 113 Å². The highest BCUT2D eigenvalue weighted by atomic mass is 79.9. The number of piperazine rings is 1. The minimum atomic E-state index is -0.929. The highest BCUT2D eigenvalue weighted by molar-refractivity contribution is 9.14. The van der Waals surface area contributed by atoms with Gasteiger partial charge in [-0.1, -0.05) is 54.6 Å². The van der Waals surface area contributed by atoms with Gasteiger partial charge in [0.15, 0.2) is 6.10 Å². The van der Waals surface area contributed by atoms with Crippen LogP contribution in [0.1, 0.15) is 45.1 Å². The molecule has 0 unspecified atom stereocenters. The van der Waals surface area contributed by atoms with Crippen molar-refractivity contribution in [2.24, 2.45) is 0 Å². The molecule has 4 heterocycles. The summed E-state index contributed by atoms with van der Waals surface area (Å²) < 4.78 is 9.56. The van der Waals surface area contributed by atoms with Crippen molar-refractivity contribution in [3.8, 4) is 0 Å². The fourth-order valence-electron chi connectivity index (χ4n) is 7.41. The average molecular weight is 799 g/mol. The minimum absolute atomic E-state index is 0.0487. The number of hydrogen-bond donors (Lipinski definition) is 1. The number of nitrogens with one attached hydrogen (secondary N) is 1. The normalized spacial score (nSPS) is 20.5. The van der Waals surface area contributed by atoms with Crippen LogP contribution in [0, 0.1) is 0 Å². The number of likely N-dealkylation sites (tertiary alicyclic amines) is 2. The highest BCUT2D eigenvalue weighted by Crippen LogP contribution is 2.29. The van der Waals surface area contributed by atoms with Gasteiger partial charge < -0.3 is 24.4 Å². The fourth-order valence-corrected chi connectivity index (χ4v) is 8.12. The van der Waals surface area contributed by atoms with Crippen molar-refractivity contribution in [3.05, 3.63) is 80.2 Å². The molecule has 0 bridgehead atoms. The average Bonchev–Trinajstić information content (AvgIpc) is 3.47. The van der Waals surface area contributed by atoms with Crippen LogP contribution in [0.5, 0.6) is 0 Å². The maximum Gasteiger partial charge on any atom is 0.410 e. The third kappa shape index (κ3) is 8.24. The largest absolute Gasteiger partial charge is 0.436 e. The molecular formula is C37H46Br2N6O4. The first-order valence-electron chi connectivity index (χ1n) is 17.4. The summed E-state index contributed by atoms with van der Waals surface area (Å²) in [7, 11) is 2.17. The number of imidazole rings is 1. The first kappa shape index (κ1) is 35.6. The van der Waals surface area contributed by atoms with Gasteiger partial charge in [-0.05, 0) is 96.1 Å². The first-order chi connectivity index (χ1) is 23.7. The van der Waals surface area contributed by atoms with E-state index in [-0.39, 0.29) is 24.1 Å². The molecule has 0 aliphatic carbocycles. The third-order valence-electron chi connectivity index (χ3n) is 10.2. The molecule has 3 aromatic rings. The van der Waals surface area contributed by atoms with Gasteiger partial charge >= 0.3 is 11.8 Å². The van der Waals surface area contributed by atoms with Gasteiger partial charge in [0.1, 0.15) is 0 Å². The summed E-state index contributed by atoms with van der Waals surface area (Å²) in [6, 6.07) is 12.6. The molecule has 1 N–H and O–H groups in total. The van der Waals surface area contributed by atoms with Gasteiger partial charge in [0.2, 0.25) is 0 Å². The van der Waals surface area contributed by atoms with Crippen molar-refractivity contribution >= 4 is 65.7 Å². The molecule has 0 saturated carbocycles. The number of carbonyl (C=O) groups excluding carboxylic acids is 2. The molecule has 1 aromatic heterocycles. The van der Waals surface area contributed by atoms with Crippen LogP contribution >= 0.6 is 31.9 Å². The number of aromatic amines is 1. The lowest BCUT2D eigenvalue weighted by Crippen LogP contribution is -2.56. The third-order valence-corrected chi connectivity index (χ3v) is 12.1. The number of halogens is 2. The Morgan fingerprint density at radius 1 is 0.878 bits per heavy atom. The Morgan fingerprint density at radius 3 is 2.27 bits per heavy atom. The maximum absolute atomic E-state index is 13.9. The second-order valence-electron chi connectivity index (χ2n) is 13.3. The summed E-state index contributed by atoms with van der Waals surface area (Å²) in [5.74, 6) is -0.152. The van der Waals surface area contributed by atoms with Crippen LogP contribution in [0.3, 0.4) is 0 Å². The molecule has 3 aliphatic heterocycles. The van der Waals surface area contributed by atoms with E-state index in [4.69, 9.17) is 4.74 Å². The second-order valence-corrected chi connectivity index (χ2v) is 15.0. The Kier molecular flexibility index (Phi) is 11.8. The van der Waals surface area contributed by atoms with Gasteiger partial charge in [-0.3, -0.25) is 14.3 Å². The van der Waals surface area contributed by atoms with Crippen LogP contribution in [0.2, 0.25) is 0 Å². The van der Waals surface area contributed by atoms with E-state index in [1.807, 2.05) is 77.1 Å². The number of aromatic nitrogens is 2. The van der Waals surface area contributed by atoms with Crippen molar-refractivity contribution in [3.63, 3.8) is 0 Å². The number of rotatable bonds is 8. The lowest BCUT2D eigenvalue weighted by Gasteiger charge is -2.42. The molecular weight excluding hydrogens is 752 g/mol. The number of carbonyl (C=O) groups is 2. The predicted molar refractivity (Wildman–Crippen MR) is 202 cm³/mol. The summed E-state index contributed by atoms with van der Waals surface area (Å²) >= 11 is 7.11. The SMILES string of the molecule is C\C=C/C(Br)=C(Br)\C=C\C[C@@H](OC(=O)N1CCC(n2c(=O)[nH]c3c4ccccc4ccc32)CC1)C(=O)N1CCN(C2CCN(C)CC2)CC1. The zero-order valence-corrected chi connectivity index (χ0v) is 31.5. The summed E-state index contributed by atoms with van der Waals surface area (Å²) in [6.07, 6.45) is 10.00. The Bertz CT molecular complexity index is 1790. The number of ether oxygens (including phenoxy) is 1. The Morgan fingerprint density at radius 2 is 1.55 bits per heavy atom. The second kappa shape index (κ2) is 16.2. The van der Waals surface area contributed by atoms with Gasteiger partial charge in [-0.2, -0.15) is 0 Å². The Labute approximate surface area is 304 Å². The van der Waals surface area contributed by atoms with Gasteiger partial charge in [0, 0.05) is 72.1 Å². The lowest BCUT2D eigenvalue weighted by atomic mass is 10.0. The van der Waals surface area contributed by atoms with Crippen LogP contribution in [0.15, 0.2) is 74.5 Å². The number of amides is 2. The zero-order chi connectivity index (χ0) is 34.5. The molecule has 6 rings (SSSR count). The number of hydrogen-bond acceptors (Lipinski definition) is 6. The molecule has 12 heteroatoms. The molecule has 0 radical (unpaired) electrons. The Balaban J connectivity index is 1.11. The van der Waals surface area contributed by atoms with Crippen molar-refractivity contribution in [2.45, 2.75) is 57.2 Å². The zero-order valence-electron chi connectivity index (χ0n) is 28.3. The lowest BCUT2D eigenvalue weighted by molar-refractivity contribution is -0.143. The monoisotopic (exact) mass is 796 g/mol. The Hall–Kier alpha value is -3.19. The van der Waals surface area contributed by atoms with Crippen LogP contribution in [-0.2, 0) is 9.53 Å². The van der Waals surface area contributed by atoms with E-state index in [0.717, 1.165) is 69.8 Å². The first-order valence-corrected chi connectivity index (χ1v) is 19.0. The molecule has 3 aliphatic rings. The van der Waals surface area contributed by atoms with Crippen molar-refractivity contribution in [1.82, 2.24) is 29.2 Å². The van der Waals surface area contributed by atoms with Crippen LogP contribution in [0.4, 0.5) is 4.79 Å². The van der Waals surface area contributed by atoms with Gasteiger partial charge in [0.25, 0.3) is 5.91 Å². The van der Waals surface area contributed by atoms with Gasteiger partial charge in [-0.25, -0.2) is 9.59 Å². The number of fused-ring (bicyclic) bond motifs is 3. The number of piperidine rings is 2. The highest BCUT2D eigenvalue weighted by Gasteiger charge is 2.34. The predicted octanol–water partition coefficient (Wildman–Crippen LogP) is 6.39. The van der Waals surface area contributed by atoms with E-state index >= 15 is 0 Å². The molecule has 262 valence electrons. The van der Waals surface area contributed by atoms with Crippen molar-refractivity contribution in [2.75, 3.05) is 59.4 Å². The fraction of sp³-hybridized carbons (Fsp3) is 0.486. The van der Waals surface area contributed by atoms with E-state index in [1.54, 1.807) is 4.90 Å². The summed E-state index contributed by atoms with van der Waals surface area (Å²) in [4.78, 5) is 52.1. The number of H-pyrrole nitrogens is 1. The van der Waals surface area contributed by atoms with Gasteiger partial charge in [0.05, 0.1) is 11.0 Å². The molecule has 49 heavy (non-hydrogen) atoms. The molecule has 0 spiro atoms. The number of benzene rings is 2. The van der Waals surface area contributed by atoms with E-state index in [2.05, 4.69) is 53.7 Å². The van der Waals surface area contributed by atoms with Crippen LogP contribution < -0.4 is 5.69 Å². The molecule has 3 fully saturated rings. The number of allylic oxidation sites excluding steroid dienone is 5. The topological polar surface area (TPSA) is 94.1 Å². The molecule has 2 amide bonds. The van der Waals surface area contributed by atoms with E-state index < -0.39 is 12.2 Å². The van der Waals surface area contributed by atoms with Crippen molar-refractivity contribution < 1.29 is 14.3 Å². The van der Waals surface area contributed by atoms with Gasteiger partial charge in [-0.15, -0.1) is 0 Å². The summed E-state index contributed by atoms with van der Waals surface area (Å²) in [5.41, 5.74) is 1.58. The smallest absolute Gasteiger partial charge is 0.410 e. The molecule has 10 nitrogen and oxygen atoms in total. The van der Waals surface area contributed by atoms with E-state index in [1.165, 1.54) is 0 Å². The number of nitrogens with zero attached hydrogens (tertiary/aromatic N) is 5. The van der Waals surface area contributed by atoms with Crippen molar-refractivity contribution in [1.29, 1.82) is 0 Å². The molecule has 2 aromatic carbocycles. The van der Waals surface area contributed by atoms with E-state index in [0.29, 0.717) is 45.1 Å². The van der Waals surface area contributed by atoms with Crippen LogP contribution in [0.25, 0.3) is 21.8 Å². The molecule has 1 atom stereocenters. The standard InChI is InChI=1S/C37H46Br2N6O4/c1-3-7-30(38)31(39)10-6-11-33(35(46)43-24-22-42(23-25-43)27-14-18-41(2)19-15-27)49-37(48)44-20-16-28(17-21-44)45-32-13-12-26-8-4-5-9-29(26)34(32)40-36(45)47/h3-10,12-13,27-28,33H,11,14-25H2,1-2H3,(H,40,47)/b7-3-,10-6+,31-30-/t33-/m1/s1. The molecule has 3 saturated heterocycles. The minimum Gasteiger partial charge on any atom is -0.436 e. The maximum atomic E-state index is 13.9. The quantitative estimate of drug-likeness (QED) is 0.266.